The molecule has 6 nitrogen and oxygen atoms in total. The van der Waals surface area contributed by atoms with Crippen LogP contribution in [0, 0.1) is 5.92 Å². The zero-order valence-electron chi connectivity index (χ0n) is 22.0. The first-order valence-corrected chi connectivity index (χ1v) is 14.1. The Labute approximate surface area is 227 Å². The van der Waals surface area contributed by atoms with Gasteiger partial charge in [0.2, 0.25) is 0 Å². The van der Waals surface area contributed by atoms with E-state index in [-0.39, 0.29) is 12.0 Å². The van der Waals surface area contributed by atoms with Crippen LogP contribution in [0.1, 0.15) is 71.2 Å². The van der Waals surface area contributed by atoms with Crippen molar-refractivity contribution in [2.75, 3.05) is 5.32 Å². The highest BCUT2D eigenvalue weighted by atomic mass is 32.1. The first-order chi connectivity index (χ1) is 18.3. The number of ether oxygens (including phenoxy) is 1. The molecule has 3 N–H and O–H groups in total. The molecule has 1 atom stereocenters. The average Bonchev–Trinajstić information content (AvgIpc) is 3.25. The van der Waals surface area contributed by atoms with Gasteiger partial charge < -0.3 is 15.8 Å². The third kappa shape index (κ3) is 5.29. The largest absolute Gasteiger partial charge is 0.491 e. The lowest BCUT2D eigenvalue weighted by atomic mass is 9.84. The van der Waals surface area contributed by atoms with Gasteiger partial charge in [-0.3, -0.25) is 9.59 Å². The minimum atomic E-state index is -0.490. The minimum Gasteiger partial charge on any atom is -0.491 e. The summed E-state index contributed by atoms with van der Waals surface area (Å²) in [5, 5.41) is 4.34. The molecule has 1 aliphatic rings. The van der Waals surface area contributed by atoms with E-state index in [0.29, 0.717) is 27.7 Å². The Bertz CT molecular complexity index is 1490. The molecular formula is C31H33N3O3S. The van der Waals surface area contributed by atoms with Crippen LogP contribution >= 0.6 is 11.3 Å². The van der Waals surface area contributed by atoms with Gasteiger partial charge in [0.25, 0.3) is 11.8 Å². The number of para-hydroxylation sites is 1. The number of amides is 2. The third-order valence-electron chi connectivity index (χ3n) is 7.02. The van der Waals surface area contributed by atoms with Crippen molar-refractivity contribution >= 4 is 39.1 Å². The molecule has 7 heteroatoms. The molecule has 0 saturated carbocycles. The number of carbonyl (C=O) groups is 2. The number of nitrogens with one attached hydrogen (secondary N) is 1. The maximum absolute atomic E-state index is 13.7. The first kappa shape index (κ1) is 25.9. The van der Waals surface area contributed by atoms with Crippen LogP contribution in [-0.2, 0) is 12.8 Å². The molecule has 0 radical (unpaired) electrons. The average molecular weight is 528 g/mol. The van der Waals surface area contributed by atoms with Gasteiger partial charge in [0.05, 0.1) is 28.4 Å². The van der Waals surface area contributed by atoms with Gasteiger partial charge in [-0.15, -0.1) is 11.3 Å². The molecule has 0 aliphatic heterocycles. The van der Waals surface area contributed by atoms with E-state index in [2.05, 4.69) is 12.2 Å². The number of carbonyl (C=O) groups excluding carboxylic acids is 2. The fourth-order valence-electron chi connectivity index (χ4n) is 5.32. The maximum Gasteiger partial charge on any atom is 0.257 e. The van der Waals surface area contributed by atoms with Gasteiger partial charge in [-0.05, 0) is 81.0 Å². The minimum absolute atomic E-state index is 0.0840. The molecule has 2 amide bonds. The number of benzene rings is 2. The fourth-order valence-corrected chi connectivity index (χ4v) is 6.68. The van der Waals surface area contributed by atoms with Crippen molar-refractivity contribution in [1.82, 2.24) is 4.98 Å². The molecule has 0 saturated heterocycles. The van der Waals surface area contributed by atoms with E-state index in [1.165, 1.54) is 22.6 Å². The van der Waals surface area contributed by atoms with E-state index in [4.69, 9.17) is 15.5 Å². The van der Waals surface area contributed by atoms with Crippen molar-refractivity contribution in [2.24, 2.45) is 11.7 Å². The topological polar surface area (TPSA) is 94.3 Å². The summed E-state index contributed by atoms with van der Waals surface area (Å²) in [5.41, 5.74) is 10.1. The predicted molar refractivity (Wildman–Crippen MR) is 154 cm³/mol. The molecule has 1 aliphatic carbocycles. The van der Waals surface area contributed by atoms with Gasteiger partial charge in [-0.1, -0.05) is 38.0 Å². The van der Waals surface area contributed by atoms with Crippen molar-refractivity contribution in [2.45, 2.75) is 59.0 Å². The van der Waals surface area contributed by atoms with Gasteiger partial charge in [-0.25, -0.2) is 4.98 Å². The van der Waals surface area contributed by atoms with E-state index in [9.17, 15) is 9.59 Å². The van der Waals surface area contributed by atoms with Crippen LogP contribution in [0.2, 0.25) is 0 Å². The molecular weight excluding hydrogens is 494 g/mol. The predicted octanol–water partition coefficient (Wildman–Crippen LogP) is 7.01. The van der Waals surface area contributed by atoms with Crippen molar-refractivity contribution in [3.05, 3.63) is 76.2 Å². The number of hydrogen-bond acceptors (Lipinski definition) is 5. The summed E-state index contributed by atoms with van der Waals surface area (Å²) in [6, 6.07) is 17.1. The second kappa shape index (κ2) is 11.0. The van der Waals surface area contributed by atoms with Crippen molar-refractivity contribution in [3.8, 4) is 17.0 Å². The molecule has 2 heterocycles. The molecule has 38 heavy (non-hydrogen) atoms. The molecule has 0 bridgehead atoms. The van der Waals surface area contributed by atoms with Crippen LogP contribution in [0.15, 0.2) is 54.6 Å². The summed E-state index contributed by atoms with van der Waals surface area (Å²) in [6.07, 6.45) is 5.20. The number of rotatable bonds is 8. The lowest BCUT2D eigenvalue weighted by Gasteiger charge is -2.21. The van der Waals surface area contributed by atoms with E-state index in [0.717, 1.165) is 53.5 Å². The van der Waals surface area contributed by atoms with Crippen molar-refractivity contribution in [3.63, 3.8) is 0 Å². The summed E-state index contributed by atoms with van der Waals surface area (Å²) in [4.78, 5) is 32.2. The highest BCUT2D eigenvalue weighted by Crippen LogP contribution is 2.41. The molecule has 2 aromatic carbocycles. The van der Waals surface area contributed by atoms with Gasteiger partial charge >= 0.3 is 0 Å². The number of thiophene rings is 1. The van der Waals surface area contributed by atoms with Gasteiger partial charge in [0.15, 0.2) is 0 Å². The Morgan fingerprint density at radius 2 is 1.92 bits per heavy atom. The molecule has 0 fully saturated rings. The summed E-state index contributed by atoms with van der Waals surface area (Å²) >= 11 is 1.49. The lowest BCUT2D eigenvalue weighted by molar-refractivity contribution is 0.1000. The SMILES string of the molecule is CCC[C@H]1CCc2c(sc(NC(=O)c3cc(-c4ccc(OC(C)C)cc4)nc4ccccc34)c2C(N)=O)C1. The van der Waals surface area contributed by atoms with Crippen LogP contribution in [0.3, 0.4) is 0 Å². The van der Waals surface area contributed by atoms with Crippen molar-refractivity contribution in [1.29, 1.82) is 0 Å². The molecule has 4 aromatic rings. The monoisotopic (exact) mass is 527 g/mol. The van der Waals surface area contributed by atoms with Crippen LogP contribution < -0.4 is 15.8 Å². The fraction of sp³-hybridized carbons (Fsp3) is 0.323. The number of aromatic nitrogens is 1. The molecule has 196 valence electrons. The summed E-state index contributed by atoms with van der Waals surface area (Å²) in [6.45, 7) is 6.17. The van der Waals surface area contributed by atoms with Gasteiger partial charge in [-0.2, -0.15) is 0 Å². The van der Waals surface area contributed by atoms with E-state index in [1.54, 1.807) is 0 Å². The first-order valence-electron chi connectivity index (χ1n) is 13.3. The van der Waals surface area contributed by atoms with Crippen LogP contribution in [0.5, 0.6) is 5.75 Å². The summed E-state index contributed by atoms with van der Waals surface area (Å²) < 4.78 is 5.77. The Balaban J connectivity index is 1.50. The van der Waals surface area contributed by atoms with Crippen molar-refractivity contribution < 1.29 is 14.3 Å². The number of nitrogens with two attached hydrogens (primary N) is 1. The second-order valence-electron chi connectivity index (χ2n) is 10.2. The number of nitrogens with zero attached hydrogens (tertiary/aromatic N) is 1. The number of anilines is 1. The highest BCUT2D eigenvalue weighted by molar-refractivity contribution is 7.17. The normalized spacial score (nSPS) is 14.9. The van der Waals surface area contributed by atoms with E-state index < -0.39 is 5.91 Å². The Morgan fingerprint density at radius 3 is 2.63 bits per heavy atom. The molecule has 2 aromatic heterocycles. The zero-order chi connectivity index (χ0) is 26.8. The van der Waals surface area contributed by atoms with Crippen LogP contribution in [0.4, 0.5) is 5.00 Å². The third-order valence-corrected chi connectivity index (χ3v) is 8.19. The highest BCUT2D eigenvalue weighted by Gasteiger charge is 2.29. The summed E-state index contributed by atoms with van der Waals surface area (Å²) in [7, 11) is 0. The second-order valence-corrected chi connectivity index (χ2v) is 11.3. The Morgan fingerprint density at radius 1 is 1.16 bits per heavy atom. The molecule has 0 unspecified atom stereocenters. The Kier molecular flexibility index (Phi) is 7.47. The van der Waals surface area contributed by atoms with Crippen LogP contribution in [0.25, 0.3) is 22.2 Å². The zero-order valence-corrected chi connectivity index (χ0v) is 22.9. The van der Waals surface area contributed by atoms with E-state index >= 15 is 0 Å². The Hall–Kier alpha value is -3.71. The van der Waals surface area contributed by atoms with Crippen LogP contribution in [-0.4, -0.2) is 22.9 Å². The smallest absolute Gasteiger partial charge is 0.257 e. The number of primary amides is 1. The van der Waals surface area contributed by atoms with E-state index in [1.807, 2.05) is 68.4 Å². The van der Waals surface area contributed by atoms with Gasteiger partial charge in [0, 0.05) is 15.8 Å². The maximum atomic E-state index is 13.7. The standard InChI is InChI=1S/C31H33N3O3S/c1-4-7-19-10-15-23-27(16-19)38-31(28(23)29(32)35)34-30(36)24-17-26(33-25-9-6-5-8-22(24)25)20-11-13-21(14-12-20)37-18(2)3/h5-6,8-9,11-14,17-19H,4,7,10,15-16H2,1-3H3,(H2,32,35)(H,34,36)/t19-/m0/s1. The summed E-state index contributed by atoms with van der Waals surface area (Å²) in [5.74, 6) is 0.621. The number of fused-ring (bicyclic) bond motifs is 2. The number of pyridine rings is 1. The molecule has 0 spiro atoms. The lowest BCUT2D eigenvalue weighted by Crippen LogP contribution is -2.20. The molecule has 5 rings (SSSR count). The van der Waals surface area contributed by atoms with Gasteiger partial charge in [0.1, 0.15) is 10.8 Å². The number of hydrogen-bond donors (Lipinski definition) is 2. The quantitative estimate of drug-likeness (QED) is 0.258.